The SMILES string of the molecule is CCOC(=O)C1=C(O)/C(=C/c2cn(CCOc3ccccc3Cl)c3ccc(Br)cc23)SC1=Nc1ccc(Cl)cc1. The van der Waals surface area contributed by atoms with E-state index in [4.69, 9.17) is 32.7 Å². The molecular weight excluding hydrogens is 635 g/mol. The number of aliphatic imine (C=N–C) groups is 1. The average Bonchev–Trinajstić information content (AvgIpc) is 3.42. The van der Waals surface area contributed by atoms with Crippen molar-refractivity contribution in [1.82, 2.24) is 4.57 Å². The molecule has 6 nitrogen and oxygen atoms in total. The fourth-order valence-corrected chi connectivity index (χ4v) is 5.88. The topological polar surface area (TPSA) is 73.0 Å². The van der Waals surface area contributed by atoms with Gasteiger partial charge in [0.2, 0.25) is 0 Å². The summed E-state index contributed by atoms with van der Waals surface area (Å²) in [5, 5.41) is 13.6. The quantitative estimate of drug-likeness (QED) is 0.192. The lowest BCUT2D eigenvalue weighted by molar-refractivity contribution is -0.138. The smallest absolute Gasteiger partial charge is 0.344 e. The van der Waals surface area contributed by atoms with E-state index in [0.717, 1.165) is 20.9 Å². The molecule has 0 spiro atoms. The molecule has 10 heteroatoms. The first-order chi connectivity index (χ1) is 19.3. The van der Waals surface area contributed by atoms with Gasteiger partial charge in [0.1, 0.15) is 28.7 Å². The van der Waals surface area contributed by atoms with Crippen molar-refractivity contribution in [3.8, 4) is 5.75 Å². The zero-order valence-corrected chi connectivity index (χ0v) is 25.1. The van der Waals surface area contributed by atoms with Crippen LogP contribution in [0.4, 0.5) is 5.69 Å². The molecule has 0 unspecified atom stereocenters. The molecule has 1 aliphatic heterocycles. The third-order valence-electron chi connectivity index (χ3n) is 6.01. The van der Waals surface area contributed by atoms with Crippen molar-refractivity contribution in [2.75, 3.05) is 13.2 Å². The van der Waals surface area contributed by atoms with Crippen LogP contribution in [0.5, 0.6) is 5.75 Å². The summed E-state index contributed by atoms with van der Waals surface area (Å²) in [6, 6.07) is 20.3. The second-order valence-electron chi connectivity index (χ2n) is 8.67. The maximum atomic E-state index is 12.8. The molecule has 0 saturated carbocycles. The Morgan fingerprint density at radius 3 is 2.65 bits per heavy atom. The summed E-state index contributed by atoms with van der Waals surface area (Å²) in [6.45, 7) is 2.86. The Morgan fingerprint density at radius 1 is 1.12 bits per heavy atom. The number of nitrogens with zero attached hydrogens (tertiary/aromatic N) is 2. The summed E-state index contributed by atoms with van der Waals surface area (Å²) in [5.74, 6) is -0.179. The van der Waals surface area contributed by atoms with Gasteiger partial charge in [-0.3, -0.25) is 0 Å². The van der Waals surface area contributed by atoms with Gasteiger partial charge >= 0.3 is 5.97 Å². The summed E-state index contributed by atoms with van der Waals surface area (Å²) in [5.41, 5.74) is 2.48. The second kappa shape index (κ2) is 12.6. The molecule has 0 aliphatic carbocycles. The normalized spacial score (nSPS) is 15.4. The van der Waals surface area contributed by atoms with Crippen LogP contribution in [0.1, 0.15) is 12.5 Å². The number of rotatable bonds is 8. The maximum Gasteiger partial charge on any atom is 0.344 e. The molecule has 5 rings (SSSR count). The van der Waals surface area contributed by atoms with Crippen molar-refractivity contribution in [2.24, 2.45) is 4.99 Å². The van der Waals surface area contributed by atoms with Crippen LogP contribution in [0.25, 0.3) is 17.0 Å². The minimum Gasteiger partial charge on any atom is -0.506 e. The first-order valence-electron chi connectivity index (χ1n) is 12.3. The molecule has 0 amide bonds. The number of carbonyl (C=O) groups is 1. The number of hydrogen-bond acceptors (Lipinski definition) is 6. The highest BCUT2D eigenvalue weighted by Gasteiger charge is 2.33. The van der Waals surface area contributed by atoms with Crippen LogP contribution in [-0.4, -0.2) is 33.9 Å². The van der Waals surface area contributed by atoms with E-state index in [-0.39, 0.29) is 17.9 Å². The van der Waals surface area contributed by atoms with E-state index >= 15 is 0 Å². The number of hydrogen-bond donors (Lipinski definition) is 1. The lowest BCUT2D eigenvalue weighted by Crippen LogP contribution is -2.12. The van der Waals surface area contributed by atoms with Gasteiger partial charge in [-0.1, -0.05) is 63.0 Å². The van der Waals surface area contributed by atoms with Crippen LogP contribution in [0, 0.1) is 0 Å². The molecule has 204 valence electrons. The van der Waals surface area contributed by atoms with Gasteiger partial charge in [0.05, 0.1) is 28.8 Å². The summed E-state index contributed by atoms with van der Waals surface area (Å²) in [7, 11) is 0. The molecule has 1 aliphatic rings. The van der Waals surface area contributed by atoms with Crippen molar-refractivity contribution in [2.45, 2.75) is 13.5 Å². The minimum atomic E-state index is -0.634. The number of benzene rings is 3. The van der Waals surface area contributed by atoms with Gasteiger partial charge in [-0.25, -0.2) is 9.79 Å². The Balaban J connectivity index is 1.50. The molecule has 40 heavy (non-hydrogen) atoms. The van der Waals surface area contributed by atoms with Crippen LogP contribution < -0.4 is 4.74 Å². The van der Waals surface area contributed by atoms with Gasteiger partial charge in [-0.2, -0.15) is 0 Å². The number of halogens is 3. The number of aromatic nitrogens is 1. The number of aliphatic hydroxyl groups is 1. The van der Waals surface area contributed by atoms with Crippen LogP contribution in [0.15, 0.2) is 98.6 Å². The number of esters is 1. The summed E-state index contributed by atoms with van der Waals surface area (Å²) >= 11 is 17.0. The van der Waals surface area contributed by atoms with Crippen molar-refractivity contribution in [3.63, 3.8) is 0 Å². The summed E-state index contributed by atoms with van der Waals surface area (Å²) in [4.78, 5) is 17.9. The molecule has 1 aromatic heterocycles. The Morgan fingerprint density at radius 2 is 1.90 bits per heavy atom. The Kier molecular flexibility index (Phi) is 8.90. The van der Waals surface area contributed by atoms with Crippen molar-refractivity contribution in [1.29, 1.82) is 0 Å². The van der Waals surface area contributed by atoms with Gasteiger partial charge in [0, 0.05) is 32.2 Å². The van der Waals surface area contributed by atoms with E-state index in [9.17, 15) is 9.90 Å². The highest BCUT2D eigenvalue weighted by atomic mass is 79.9. The third kappa shape index (κ3) is 6.25. The maximum absolute atomic E-state index is 12.8. The lowest BCUT2D eigenvalue weighted by Gasteiger charge is -2.09. The van der Waals surface area contributed by atoms with Crippen molar-refractivity contribution >= 4 is 84.6 Å². The van der Waals surface area contributed by atoms with Crippen LogP contribution in [0.2, 0.25) is 10.0 Å². The fraction of sp³-hybridized carbons (Fsp3) is 0.133. The number of fused-ring (bicyclic) bond motifs is 1. The van der Waals surface area contributed by atoms with E-state index in [1.165, 1.54) is 11.8 Å². The van der Waals surface area contributed by atoms with E-state index in [1.54, 1.807) is 37.3 Å². The van der Waals surface area contributed by atoms with E-state index < -0.39 is 5.97 Å². The predicted molar refractivity (Wildman–Crippen MR) is 167 cm³/mol. The second-order valence-corrected chi connectivity index (χ2v) is 11.5. The Labute approximate surface area is 254 Å². The van der Waals surface area contributed by atoms with E-state index in [0.29, 0.717) is 44.6 Å². The molecule has 0 radical (unpaired) electrons. The third-order valence-corrected chi connectivity index (χ3v) is 8.09. The molecule has 0 fully saturated rings. The molecule has 0 atom stereocenters. The highest BCUT2D eigenvalue weighted by Crippen LogP contribution is 2.41. The number of para-hydroxylation sites is 1. The van der Waals surface area contributed by atoms with Crippen molar-refractivity contribution in [3.05, 3.63) is 109 Å². The van der Waals surface area contributed by atoms with E-state index in [1.807, 2.05) is 48.7 Å². The molecular formula is C30H23BrCl2N2O4S. The van der Waals surface area contributed by atoms with Gasteiger partial charge in [0.15, 0.2) is 0 Å². The number of thioether (sulfide) groups is 1. The van der Waals surface area contributed by atoms with Crippen LogP contribution in [0.3, 0.4) is 0 Å². The average molecular weight is 658 g/mol. The number of carbonyl (C=O) groups excluding carboxylic acids is 1. The Hall–Kier alpha value is -3.17. The lowest BCUT2D eigenvalue weighted by atomic mass is 10.1. The van der Waals surface area contributed by atoms with Crippen LogP contribution >= 0.6 is 50.9 Å². The number of aliphatic hydroxyl groups excluding tert-OH is 1. The molecule has 0 bridgehead atoms. The zero-order chi connectivity index (χ0) is 28.2. The fourth-order valence-electron chi connectivity index (χ4n) is 4.18. The molecule has 0 saturated heterocycles. The summed E-state index contributed by atoms with van der Waals surface area (Å²) in [6.07, 6.45) is 3.84. The van der Waals surface area contributed by atoms with Gasteiger partial charge in [0.25, 0.3) is 0 Å². The number of ether oxygens (including phenoxy) is 2. The zero-order valence-electron chi connectivity index (χ0n) is 21.2. The Bertz CT molecular complexity index is 1680. The predicted octanol–water partition coefficient (Wildman–Crippen LogP) is 8.98. The standard InChI is InChI=1S/C30H23BrCl2N2O4S/c1-2-38-30(37)27-28(36)26(40-29(27)34-21-10-8-20(32)9-11-21)15-18-17-35(24-12-7-19(31)16-22(18)24)13-14-39-25-6-4-3-5-23(25)33/h3-12,15-17,36H,2,13-14H2,1H3/b26-15-,34-29?. The summed E-state index contributed by atoms with van der Waals surface area (Å²) < 4.78 is 14.1. The van der Waals surface area contributed by atoms with Gasteiger partial charge < -0.3 is 19.1 Å². The highest BCUT2D eigenvalue weighted by molar-refractivity contribution is 9.10. The van der Waals surface area contributed by atoms with Crippen molar-refractivity contribution < 1.29 is 19.4 Å². The largest absolute Gasteiger partial charge is 0.506 e. The van der Waals surface area contributed by atoms with Gasteiger partial charge in [-0.05, 0) is 67.6 Å². The molecule has 1 N–H and O–H groups in total. The molecule has 4 aromatic rings. The molecule has 3 aromatic carbocycles. The monoisotopic (exact) mass is 656 g/mol. The van der Waals surface area contributed by atoms with Gasteiger partial charge in [-0.15, -0.1) is 0 Å². The first-order valence-corrected chi connectivity index (χ1v) is 14.7. The van der Waals surface area contributed by atoms with E-state index in [2.05, 4.69) is 25.5 Å². The van der Waals surface area contributed by atoms with Crippen LogP contribution in [-0.2, 0) is 16.1 Å². The minimum absolute atomic E-state index is 0.0334. The first kappa shape index (κ1) is 28.4. The molecule has 2 heterocycles.